The van der Waals surface area contributed by atoms with Gasteiger partial charge in [0.15, 0.2) is 0 Å². The van der Waals surface area contributed by atoms with E-state index in [0.29, 0.717) is 6.54 Å². The van der Waals surface area contributed by atoms with Gasteiger partial charge >= 0.3 is 0 Å². The maximum absolute atomic E-state index is 6.34. The fraction of sp³-hybridized carbons (Fsp3) is 0.600. The first kappa shape index (κ1) is 13.7. The van der Waals surface area contributed by atoms with Crippen LogP contribution in [0.25, 0.3) is 0 Å². The van der Waals surface area contributed by atoms with Gasteiger partial charge < -0.3 is 10.5 Å². The van der Waals surface area contributed by atoms with Crippen LogP contribution in [0.5, 0.6) is 5.75 Å². The van der Waals surface area contributed by atoms with E-state index in [1.54, 1.807) is 0 Å². The maximum atomic E-state index is 6.34. The molecule has 3 heteroatoms. The lowest BCUT2D eigenvalue weighted by atomic mass is 10.0. The summed E-state index contributed by atoms with van der Waals surface area (Å²) in [5, 5.41) is 0.741. The lowest BCUT2D eigenvalue weighted by molar-refractivity contribution is 0.297. The van der Waals surface area contributed by atoms with Crippen LogP contribution in [0, 0.1) is 5.92 Å². The van der Waals surface area contributed by atoms with Crippen LogP contribution in [0.4, 0.5) is 0 Å². The third kappa shape index (κ3) is 3.63. The fourth-order valence-corrected chi connectivity index (χ4v) is 2.44. The Morgan fingerprint density at radius 3 is 2.72 bits per heavy atom. The van der Waals surface area contributed by atoms with Gasteiger partial charge in [0.2, 0.25) is 0 Å². The number of rotatable bonds is 7. The first-order valence-electron chi connectivity index (χ1n) is 6.88. The molecule has 2 rings (SSSR count). The van der Waals surface area contributed by atoms with Crippen LogP contribution in [0.15, 0.2) is 12.1 Å². The molecule has 2 nitrogen and oxygen atoms in total. The lowest BCUT2D eigenvalue weighted by Crippen LogP contribution is -2.06. The summed E-state index contributed by atoms with van der Waals surface area (Å²) in [4.78, 5) is 0. The largest absolute Gasteiger partial charge is 0.491 e. The van der Waals surface area contributed by atoms with Crippen LogP contribution in [0.2, 0.25) is 5.02 Å². The Bertz CT molecular complexity index is 402. The van der Waals surface area contributed by atoms with E-state index in [-0.39, 0.29) is 0 Å². The minimum absolute atomic E-state index is 0.657. The van der Waals surface area contributed by atoms with E-state index in [4.69, 9.17) is 22.1 Å². The molecule has 1 aliphatic rings. The van der Waals surface area contributed by atoms with E-state index in [0.717, 1.165) is 42.6 Å². The summed E-state index contributed by atoms with van der Waals surface area (Å²) in [6.07, 6.45) is 5.58. The van der Waals surface area contributed by atoms with Crippen LogP contribution in [0.3, 0.4) is 0 Å². The van der Waals surface area contributed by atoms with Crippen LogP contribution >= 0.6 is 11.6 Å². The molecule has 0 radical (unpaired) electrons. The Kier molecular flexibility index (Phi) is 4.90. The molecule has 0 bridgehead atoms. The molecule has 0 saturated heterocycles. The highest BCUT2D eigenvalue weighted by molar-refractivity contribution is 6.32. The van der Waals surface area contributed by atoms with Crippen molar-refractivity contribution in [1.29, 1.82) is 0 Å². The number of halogens is 1. The van der Waals surface area contributed by atoms with Gasteiger partial charge in [-0.25, -0.2) is 0 Å². The third-order valence-electron chi connectivity index (χ3n) is 3.29. The number of nitrogens with two attached hydrogens (primary N) is 1. The Labute approximate surface area is 114 Å². The van der Waals surface area contributed by atoms with Crippen molar-refractivity contribution in [1.82, 2.24) is 0 Å². The number of aryl methyl sites for hydroxylation is 1. The predicted octanol–water partition coefficient (Wildman–Crippen LogP) is 3.58. The van der Waals surface area contributed by atoms with Gasteiger partial charge in [0.05, 0.1) is 11.6 Å². The zero-order chi connectivity index (χ0) is 13.0. The van der Waals surface area contributed by atoms with Gasteiger partial charge in [-0.2, -0.15) is 0 Å². The normalized spacial score (nSPS) is 14.8. The van der Waals surface area contributed by atoms with Gasteiger partial charge in [0, 0.05) is 0 Å². The molecule has 2 N–H and O–H groups in total. The molecule has 0 atom stereocenters. The SMILES string of the molecule is CCCc1cc(CCN)cc(Cl)c1OCC1CC1. The standard InChI is InChI=1S/C15H22ClNO/c1-2-3-13-8-12(6-7-17)9-14(16)15(13)18-10-11-4-5-11/h8-9,11H,2-7,10,17H2,1H3. The van der Waals surface area contributed by atoms with Crippen LogP contribution < -0.4 is 10.5 Å². The summed E-state index contributed by atoms with van der Waals surface area (Å²) in [6, 6.07) is 4.19. The van der Waals surface area contributed by atoms with Crippen LogP contribution in [0.1, 0.15) is 37.3 Å². The number of ether oxygens (including phenoxy) is 1. The maximum Gasteiger partial charge on any atom is 0.141 e. The summed E-state index contributed by atoms with van der Waals surface area (Å²) < 4.78 is 5.91. The molecular weight excluding hydrogens is 246 g/mol. The lowest BCUT2D eigenvalue weighted by Gasteiger charge is -2.14. The van der Waals surface area contributed by atoms with Crippen LogP contribution in [-0.2, 0) is 12.8 Å². The van der Waals surface area contributed by atoms with Gasteiger partial charge in [-0.1, -0.05) is 31.0 Å². The molecule has 0 heterocycles. The number of hydrogen-bond donors (Lipinski definition) is 1. The van der Waals surface area contributed by atoms with E-state index in [1.807, 2.05) is 6.07 Å². The van der Waals surface area contributed by atoms with E-state index in [2.05, 4.69) is 13.0 Å². The van der Waals surface area contributed by atoms with E-state index in [1.165, 1.54) is 24.0 Å². The molecule has 0 unspecified atom stereocenters. The molecule has 0 amide bonds. The third-order valence-corrected chi connectivity index (χ3v) is 3.57. The van der Waals surface area contributed by atoms with Crippen molar-refractivity contribution in [3.8, 4) is 5.75 Å². The minimum atomic E-state index is 0.657. The van der Waals surface area contributed by atoms with E-state index in [9.17, 15) is 0 Å². The summed E-state index contributed by atoms with van der Waals surface area (Å²) in [5.74, 6) is 1.64. The summed E-state index contributed by atoms with van der Waals surface area (Å²) in [6.45, 7) is 3.64. The van der Waals surface area contributed by atoms with Crippen molar-refractivity contribution in [3.63, 3.8) is 0 Å². The van der Waals surface area contributed by atoms with Crippen molar-refractivity contribution in [3.05, 3.63) is 28.3 Å². The molecule has 1 aliphatic carbocycles. The van der Waals surface area contributed by atoms with E-state index < -0.39 is 0 Å². The second kappa shape index (κ2) is 6.44. The Morgan fingerprint density at radius 1 is 1.33 bits per heavy atom. The van der Waals surface area contributed by atoms with Crippen molar-refractivity contribution in [2.24, 2.45) is 11.7 Å². The molecule has 0 spiro atoms. The number of benzene rings is 1. The highest BCUT2D eigenvalue weighted by atomic mass is 35.5. The molecule has 1 fully saturated rings. The van der Waals surface area contributed by atoms with Crippen molar-refractivity contribution < 1.29 is 4.74 Å². The molecule has 1 saturated carbocycles. The van der Waals surface area contributed by atoms with Crippen molar-refractivity contribution >= 4 is 11.6 Å². The smallest absolute Gasteiger partial charge is 0.141 e. The van der Waals surface area contributed by atoms with E-state index >= 15 is 0 Å². The highest BCUT2D eigenvalue weighted by Crippen LogP contribution is 2.35. The number of hydrogen-bond acceptors (Lipinski definition) is 2. The zero-order valence-electron chi connectivity index (χ0n) is 11.0. The molecule has 1 aromatic rings. The molecule has 0 aliphatic heterocycles. The molecular formula is C15H22ClNO. The Hall–Kier alpha value is -0.730. The van der Waals surface area contributed by atoms with Crippen molar-refractivity contribution in [2.45, 2.75) is 39.0 Å². The fourth-order valence-electron chi connectivity index (χ4n) is 2.13. The van der Waals surface area contributed by atoms with Gasteiger partial charge in [0.25, 0.3) is 0 Å². The average molecular weight is 268 g/mol. The quantitative estimate of drug-likeness (QED) is 0.820. The van der Waals surface area contributed by atoms with Gasteiger partial charge in [-0.3, -0.25) is 0 Å². The van der Waals surface area contributed by atoms with Gasteiger partial charge in [-0.05, 0) is 55.3 Å². The highest BCUT2D eigenvalue weighted by Gasteiger charge is 2.23. The minimum Gasteiger partial charge on any atom is -0.491 e. The van der Waals surface area contributed by atoms with Gasteiger partial charge in [-0.15, -0.1) is 0 Å². The van der Waals surface area contributed by atoms with Crippen molar-refractivity contribution in [2.75, 3.05) is 13.2 Å². The van der Waals surface area contributed by atoms with Crippen LogP contribution in [-0.4, -0.2) is 13.2 Å². The average Bonchev–Trinajstić information content (AvgIpc) is 3.13. The summed E-state index contributed by atoms with van der Waals surface area (Å²) in [7, 11) is 0. The Morgan fingerprint density at radius 2 is 2.11 bits per heavy atom. The first-order chi connectivity index (χ1) is 8.74. The van der Waals surface area contributed by atoms with Gasteiger partial charge in [0.1, 0.15) is 5.75 Å². The summed E-state index contributed by atoms with van der Waals surface area (Å²) in [5.41, 5.74) is 8.05. The zero-order valence-corrected chi connectivity index (χ0v) is 11.8. The molecule has 1 aromatic carbocycles. The molecule has 0 aromatic heterocycles. The second-order valence-electron chi connectivity index (χ2n) is 5.11. The molecule has 100 valence electrons. The Balaban J connectivity index is 2.17. The monoisotopic (exact) mass is 267 g/mol. The molecule has 18 heavy (non-hydrogen) atoms. The predicted molar refractivity (Wildman–Crippen MR) is 76.4 cm³/mol. The first-order valence-corrected chi connectivity index (χ1v) is 7.26. The summed E-state index contributed by atoms with van der Waals surface area (Å²) >= 11 is 6.34. The second-order valence-corrected chi connectivity index (χ2v) is 5.52. The topological polar surface area (TPSA) is 35.2 Å².